The molecule has 0 amide bonds. The second kappa shape index (κ2) is 5.64. The van der Waals surface area contributed by atoms with Crippen LogP contribution in [0.4, 0.5) is 0 Å². The number of furan rings is 1. The van der Waals surface area contributed by atoms with Crippen molar-refractivity contribution in [2.45, 2.75) is 19.8 Å². The van der Waals surface area contributed by atoms with Gasteiger partial charge in [-0.2, -0.15) is 0 Å². The molecule has 2 aromatic rings. The van der Waals surface area contributed by atoms with Crippen molar-refractivity contribution in [1.29, 1.82) is 0 Å². The Labute approximate surface area is 128 Å². The molecule has 0 atom stereocenters. The third-order valence-corrected chi connectivity index (χ3v) is 3.80. The lowest BCUT2D eigenvalue weighted by atomic mass is 9.85. The maximum absolute atomic E-state index is 12.6. The van der Waals surface area contributed by atoms with Crippen LogP contribution in [0.15, 0.2) is 40.3 Å². The van der Waals surface area contributed by atoms with Gasteiger partial charge in [0.15, 0.2) is 5.78 Å². The average Bonchev–Trinajstić information content (AvgIpc) is 2.94. The number of Topliss-reactive ketones (excluding diaryl/α,β-unsaturated/α-hetero) is 1. The number of carbonyl (C=O) groups is 2. The number of ketones is 1. The molecule has 0 fully saturated rings. The molecule has 3 rings (SSSR count). The molecule has 4 heteroatoms. The Hall–Kier alpha value is -2.62. The van der Waals surface area contributed by atoms with Crippen molar-refractivity contribution in [2.24, 2.45) is 0 Å². The standard InChI is InChI=1S/C18H16O4/c1-11-3-7-15(22-11)10-13-5-4-12-9-14(18(20)21-2)6-8-16(12)17(13)19/h3,6-10H,4-5H2,1-2H3/b13-10+. The summed E-state index contributed by atoms with van der Waals surface area (Å²) in [7, 11) is 1.35. The molecule has 22 heavy (non-hydrogen) atoms. The molecule has 0 unspecified atom stereocenters. The van der Waals surface area contributed by atoms with Crippen LogP contribution in [0.5, 0.6) is 0 Å². The fraction of sp³-hybridized carbons (Fsp3) is 0.222. The highest BCUT2D eigenvalue weighted by Crippen LogP contribution is 2.28. The van der Waals surface area contributed by atoms with Gasteiger partial charge in [-0.3, -0.25) is 4.79 Å². The first kappa shape index (κ1) is 14.3. The molecule has 1 aromatic carbocycles. The van der Waals surface area contributed by atoms with Crippen LogP contribution in [0.1, 0.15) is 44.2 Å². The van der Waals surface area contributed by atoms with E-state index in [4.69, 9.17) is 9.15 Å². The van der Waals surface area contributed by atoms with E-state index >= 15 is 0 Å². The quantitative estimate of drug-likeness (QED) is 0.628. The van der Waals surface area contributed by atoms with E-state index in [1.165, 1.54) is 7.11 Å². The second-order valence-electron chi connectivity index (χ2n) is 5.31. The average molecular weight is 296 g/mol. The van der Waals surface area contributed by atoms with Gasteiger partial charge in [0.05, 0.1) is 12.7 Å². The number of carbonyl (C=O) groups excluding carboxylic acids is 2. The van der Waals surface area contributed by atoms with Crippen LogP contribution in [0.2, 0.25) is 0 Å². The number of aryl methyl sites for hydroxylation is 2. The summed E-state index contributed by atoms with van der Waals surface area (Å²) in [4.78, 5) is 24.1. The van der Waals surface area contributed by atoms with E-state index in [2.05, 4.69) is 0 Å². The lowest BCUT2D eigenvalue weighted by Gasteiger charge is -2.17. The fourth-order valence-corrected chi connectivity index (χ4v) is 2.66. The van der Waals surface area contributed by atoms with Gasteiger partial charge in [-0.05, 0) is 61.7 Å². The predicted octanol–water partition coefficient (Wildman–Crippen LogP) is 3.59. The highest BCUT2D eigenvalue weighted by molar-refractivity contribution is 6.13. The van der Waals surface area contributed by atoms with Crippen LogP contribution >= 0.6 is 0 Å². The summed E-state index contributed by atoms with van der Waals surface area (Å²) in [6, 6.07) is 8.79. The highest BCUT2D eigenvalue weighted by atomic mass is 16.5. The Kier molecular flexibility index (Phi) is 3.67. The van der Waals surface area contributed by atoms with Crippen molar-refractivity contribution in [3.63, 3.8) is 0 Å². The number of allylic oxidation sites excluding steroid dienone is 1. The van der Waals surface area contributed by atoms with Crippen molar-refractivity contribution < 1.29 is 18.7 Å². The van der Waals surface area contributed by atoms with E-state index in [0.29, 0.717) is 23.3 Å². The third-order valence-electron chi connectivity index (χ3n) is 3.80. The maximum atomic E-state index is 12.6. The van der Waals surface area contributed by atoms with Gasteiger partial charge >= 0.3 is 5.97 Å². The van der Waals surface area contributed by atoms with E-state index in [1.54, 1.807) is 24.3 Å². The fourth-order valence-electron chi connectivity index (χ4n) is 2.66. The van der Waals surface area contributed by atoms with Crippen LogP contribution in [0, 0.1) is 6.92 Å². The van der Waals surface area contributed by atoms with E-state index in [9.17, 15) is 9.59 Å². The van der Waals surface area contributed by atoms with Gasteiger partial charge in [-0.15, -0.1) is 0 Å². The van der Waals surface area contributed by atoms with E-state index in [0.717, 1.165) is 23.3 Å². The number of methoxy groups -OCH3 is 1. The molecule has 0 radical (unpaired) electrons. The Balaban J connectivity index is 1.93. The van der Waals surface area contributed by atoms with Crippen LogP contribution in [0.3, 0.4) is 0 Å². The molecule has 1 aliphatic carbocycles. The zero-order chi connectivity index (χ0) is 15.7. The second-order valence-corrected chi connectivity index (χ2v) is 5.31. The van der Waals surface area contributed by atoms with Crippen LogP contribution in [-0.2, 0) is 11.2 Å². The van der Waals surface area contributed by atoms with Gasteiger partial charge in [0.25, 0.3) is 0 Å². The minimum absolute atomic E-state index is 0.00767. The number of ether oxygens (including phenoxy) is 1. The summed E-state index contributed by atoms with van der Waals surface area (Å²) in [6.07, 6.45) is 3.15. The molecular formula is C18H16O4. The highest BCUT2D eigenvalue weighted by Gasteiger charge is 2.23. The van der Waals surface area contributed by atoms with Gasteiger partial charge in [-0.25, -0.2) is 4.79 Å². The van der Waals surface area contributed by atoms with E-state index in [-0.39, 0.29) is 11.8 Å². The molecule has 0 bridgehead atoms. The maximum Gasteiger partial charge on any atom is 0.337 e. The van der Waals surface area contributed by atoms with Crippen molar-refractivity contribution in [1.82, 2.24) is 0 Å². The molecule has 0 N–H and O–H groups in total. The molecule has 112 valence electrons. The lowest BCUT2D eigenvalue weighted by Crippen LogP contribution is -2.15. The number of hydrogen-bond acceptors (Lipinski definition) is 4. The molecule has 1 aliphatic rings. The molecule has 0 spiro atoms. The predicted molar refractivity (Wildman–Crippen MR) is 81.9 cm³/mol. The Morgan fingerprint density at radius 3 is 2.73 bits per heavy atom. The van der Waals surface area contributed by atoms with Crippen molar-refractivity contribution >= 4 is 17.8 Å². The normalized spacial score (nSPS) is 15.7. The molecule has 0 saturated carbocycles. The Morgan fingerprint density at radius 2 is 2.05 bits per heavy atom. The minimum atomic E-state index is -0.386. The molecule has 1 heterocycles. The molecule has 4 nitrogen and oxygen atoms in total. The Morgan fingerprint density at radius 1 is 1.23 bits per heavy atom. The summed E-state index contributed by atoms with van der Waals surface area (Å²) < 4.78 is 10.2. The summed E-state index contributed by atoms with van der Waals surface area (Å²) in [5, 5.41) is 0. The number of hydrogen-bond donors (Lipinski definition) is 0. The number of esters is 1. The topological polar surface area (TPSA) is 56.5 Å². The number of benzene rings is 1. The van der Waals surface area contributed by atoms with Gasteiger partial charge in [0, 0.05) is 11.1 Å². The first-order chi connectivity index (χ1) is 10.6. The minimum Gasteiger partial charge on any atom is -0.465 e. The smallest absolute Gasteiger partial charge is 0.337 e. The number of rotatable bonds is 2. The van der Waals surface area contributed by atoms with Crippen molar-refractivity contribution in [2.75, 3.05) is 7.11 Å². The molecule has 0 saturated heterocycles. The zero-order valence-electron chi connectivity index (χ0n) is 12.5. The van der Waals surface area contributed by atoms with Gasteiger partial charge in [0.2, 0.25) is 0 Å². The van der Waals surface area contributed by atoms with Crippen LogP contribution in [-0.4, -0.2) is 18.9 Å². The van der Waals surface area contributed by atoms with Crippen LogP contribution in [0.25, 0.3) is 6.08 Å². The largest absolute Gasteiger partial charge is 0.465 e. The van der Waals surface area contributed by atoms with Gasteiger partial charge in [0.1, 0.15) is 11.5 Å². The number of fused-ring (bicyclic) bond motifs is 1. The molecule has 1 aromatic heterocycles. The van der Waals surface area contributed by atoms with E-state index < -0.39 is 0 Å². The lowest BCUT2D eigenvalue weighted by molar-refractivity contribution is 0.0600. The van der Waals surface area contributed by atoms with Crippen LogP contribution < -0.4 is 0 Å². The summed E-state index contributed by atoms with van der Waals surface area (Å²) in [5.41, 5.74) is 2.74. The van der Waals surface area contributed by atoms with Gasteiger partial charge < -0.3 is 9.15 Å². The van der Waals surface area contributed by atoms with Crippen molar-refractivity contribution in [3.8, 4) is 0 Å². The monoisotopic (exact) mass is 296 g/mol. The third kappa shape index (κ3) is 2.60. The van der Waals surface area contributed by atoms with Gasteiger partial charge in [-0.1, -0.05) is 0 Å². The first-order valence-electron chi connectivity index (χ1n) is 7.11. The zero-order valence-corrected chi connectivity index (χ0v) is 12.5. The summed E-state index contributed by atoms with van der Waals surface area (Å²) in [5.74, 6) is 1.11. The molecule has 0 aliphatic heterocycles. The van der Waals surface area contributed by atoms with E-state index in [1.807, 2.05) is 19.1 Å². The summed E-state index contributed by atoms with van der Waals surface area (Å²) >= 11 is 0. The molecular weight excluding hydrogens is 280 g/mol. The Bertz CT molecular complexity index is 780. The first-order valence-corrected chi connectivity index (χ1v) is 7.11. The SMILES string of the molecule is COC(=O)c1ccc2c(c1)CC/C(=C\c1ccc(C)o1)C2=O. The van der Waals surface area contributed by atoms with Crippen molar-refractivity contribution in [3.05, 3.63) is 64.1 Å². The summed E-state index contributed by atoms with van der Waals surface area (Å²) in [6.45, 7) is 1.87.